The largest absolute Gasteiger partial charge is 0.508 e. The van der Waals surface area contributed by atoms with Crippen molar-refractivity contribution >= 4 is 11.6 Å². The van der Waals surface area contributed by atoms with Gasteiger partial charge in [0.1, 0.15) is 5.75 Å². The minimum Gasteiger partial charge on any atom is -0.508 e. The molecule has 0 saturated heterocycles. The summed E-state index contributed by atoms with van der Waals surface area (Å²) in [5, 5.41) is 9.52. The van der Waals surface area contributed by atoms with Gasteiger partial charge in [-0.3, -0.25) is 9.69 Å². The Labute approximate surface area is 88.3 Å². The highest BCUT2D eigenvalue weighted by molar-refractivity contribution is 5.75. The van der Waals surface area contributed by atoms with Gasteiger partial charge in [0, 0.05) is 17.8 Å². The van der Waals surface area contributed by atoms with Crippen LogP contribution in [-0.2, 0) is 11.3 Å². The van der Waals surface area contributed by atoms with Gasteiger partial charge in [-0.2, -0.15) is 0 Å². The number of benzene rings is 1. The van der Waals surface area contributed by atoms with Crippen LogP contribution in [0, 0.1) is 0 Å². The van der Waals surface area contributed by atoms with Gasteiger partial charge in [0.25, 0.3) is 0 Å². The fourth-order valence-corrected chi connectivity index (χ4v) is 1.34. The average molecular weight is 209 g/mol. The van der Waals surface area contributed by atoms with E-state index in [2.05, 4.69) is 0 Å². The number of nitrogens with two attached hydrogens (primary N) is 2. The minimum atomic E-state index is -0.402. The highest BCUT2D eigenvalue weighted by Gasteiger charge is 2.07. The van der Waals surface area contributed by atoms with Crippen molar-refractivity contribution in [3.8, 4) is 5.75 Å². The van der Waals surface area contributed by atoms with Gasteiger partial charge in [-0.15, -0.1) is 0 Å². The van der Waals surface area contributed by atoms with Crippen LogP contribution in [0.25, 0.3) is 0 Å². The Hall–Kier alpha value is -1.75. The lowest BCUT2D eigenvalue weighted by molar-refractivity contribution is -0.118. The van der Waals surface area contributed by atoms with Crippen molar-refractivity contribution in [2.45, 2.75) is 6.54 Å². The highest BCUT2D eigenvalue weighted by Crippen LogP contribution is 2.20. The molecule has 0 aromatic heterocycles. The number of likely N-dealkylation sites (N-methyl/N-ethyl adjacent to an activating group) is 1. The molecule has 1 aromatic rings. The lowest BCUT2D eigenvalue weighted by Gasteiger charge is -2.15. The van der Waals surface area contributed by atoms with E-state index in [1.54, 1.807) is 24.1 Å². The van der Waals surface area contributed by atoms with Crippen LogP contribution in [0.1, 0.15) is 5.56 Å². The second kappa shape index (κ2) is 4.65. The molecule has 0 saturated carbocycles. The molecule has 15 heavy (non-hydrogen) atoms. The zero-order valence-corrected chi connectivity index (χ0v) is 8.60. The van der Waals surface area contributed by atoms with E-state index in [0.29, 0.717) is 17.8 Å². The number of carbonyl (C=O) groups is 1. The van der Waals surface area contributed by atoms with Crippen molar-refractivity contribution in [3.63, 3.8) is 0 Å². The van der Waals surface area contributed by atoms with Crippen molar-refractivity contribution in [1.29, 1.82) is 0 Å². The predicted molar refractivity (Wildman–Crippen MR) is 58.0 cm³/mol. The van der Waals surface area contributed by atoms with E-state index in [-0.39, 0.29) is 12.3 Å². The number of nitrogens with zero attached hydrogens (tertiary/aromatic N) is 1. The molecule has 1 aromatic carbocycles. The maximum Gasteiger partial charge on any atom is 0.231 e. The van der Waals surface area contributed by atoms with Gasteiger partial charge in [-0.05, 0) is 25.2 Å². The summed E-state index contributed by atoms with van der Waals surface area (Å²) in [7, 11) is 1.74. The van der Waals surface area contributed by atoms with Crippen LogP contribution in [0.4, 0.5) is 5.69 Å². The summed E-state index contributed by atoms with van der Waals surface area (Å²) in [6.45, 7) is 0.577. The molecule has 0 spiro atoms. The first-order valence-corrected chi connectivity index (χ1v) is 4.53. The maximum absolute atomic E-state index is 10.6. The molecule has 82 valence electrons. The zero-order valence-electron chi connectivity index (χ0n) is 8.60. The zero-order chi connectivity index (χ0) is 11.4. The Balaban J connectivity index is 2.71. The van der Waals surface area contributed by atoms with E-state index in [1.165, 1.54) is 6.07 Å². The molecule has 5 nitrogen and oxygen atoms in total. The Bertz CT molecular complexity index is 366. The van der Waals surface area contributed by atoms with E-state index in [1.807, 2.05) is 0 Å². The van der Waals surface area contributed by atoms with Crippen molar-refractivity contribution in [1.82, 2.24) is 4.90 Å². The van der Waals surface area contributed by atoms with Crippen LogP contribution in [0.3, 0.4) is 0 Å². The molecule has 0 heterocycles. The first-order valence-electron chi connectivity index (χ1n) is 4.53. The predicted octanol–water partition coefficient (Wildman–Crippen LogP) is -0.108. The van der Waals surface area contributed by atoms with E-state index < -0.39 is 5.91 Å². The summed E-state index contributed by atoms with van der Waals surface area (Å²) in [6.07, 6.45) is 0. The molecule has 0 radical (unpaired) electrons. The maximum atomic E-state index is 10.6. The summed E-state index contributed by atoms with van der Waals surface area (Å²) < 4.78 is 0. The third kappa shape index (κ3) is 3.47. The van der Waals surface area contributed by atoms with Crippen LogP contribution >= 0.6 is 0 Å². The number of phenolic OH excluding ortho intramolecular Hbond substituents is 1. The van der Waals surface area contributed by atoms with Crippen molar-refractivity contribution in [3.05, 3.63) is 23.8 Å². The number of hydrogen-bond acceptors (Lipinski definition) is 4. The van der Waals surface area contributed by atoms with E-state index in [9.17, 15) is 9.90 Å². The smallest absolute Gasteiger partial charge is 0.231 e. The standard InChI is InChI=1S/C10H15N3O2/c1-13(6-10(12)15)5-7-4-8(11)2-3-9(7)14/h2-4,14H,5-6,11H2,1H3,(H2,12,15). The average Bonchev–Trinajstić information content (AvgIpc) is 2.10. The number of nitrogen functional groups attached to an aromatic ring is 1. The van der Waals surface area contributed by atoms with Gasteiger partial charge >= 0.3 is 0 Å². The first kappa shape index (κ1) is 11.3. The minimum absolute atomic E-state index is 0.147. The molecule has 0 bridgehead atoms. The molecule has 0 aliphatic heterocycles. The molecule has 0 atom stereocenters. The number of anilines is 1. The van der Waals surface area contributed by atoms with Crippen LogP contribution in [0.5, 0.6) is 5.75 Å². The highest BCUT2D eigenvalue weighted by atomic mass is 16.3. The normalized spacial score (nSPS) is 10.5. The molecule has 5 heteroatoms. The fourth-order valence-electron chi connectivity index (χ4n) is 1.34. The molecule has 1 amide bonds. The molecule has 5 N–H and O–H groups in total. The number of amides is 1. The van der Waals surface area contributed by atoms with E-state index in [4.69, 9.17) is 11.5 Å². The molecule has 0 fully saturated rings. The van der Waals surface area contributed by atoms with Gasteiger partial charge in [0.05, 0.1) is 6.54 Å². The Morgan fingerprint density at radius 3 is 2.80 bits per heavy atom. The van der Waals surface area contributed by atoms with Gasteiger partial charge in [-0.25, -0.2) is 0 Å². The van der Waals surface area contributed by atoms with E-state index in [0.717, 1.165) is 0 Å². The van der Waals surface area contributed by atoms with Gasteiger partial charge < -0.3 is 16.6 Å². The summed E-state index contributed by atoms with van der Waals surface area (Å²) in [5.41, 5.74) is 11.9. The second-order valence-electron chi connectivity index (χ2n) is 3.53. The van der Waals surface area contributed by atoms with Crippen LogP contribution in [-0.4, -0.2) is 29.5 Å². The Morgan fingerprint density at radius 1 is 1.53 bits per heavy atom. The lowest BCUT2D eigenvalue weighted by Crippen LogP contribution is -2.30. The monoisotopic (exact) mass is 209 g/mol. The van der Waals surface area contributed by atoms with Crippen molar-refractivity contribution in [2.24, 2.45) is 5.73 Å². The number of rotatable bonds is 4. The topological polar surface area (TPSA) is 92.6 Å². The van der Waals surface area contributed by atoms with Gasteiger partial charge in [0.2, 0.25) is 5.91 Å². The molecular weight excluding hydrogens is 194 g/mol. The summed E-state index contributed by atoms with van der Waals surface area (Å²) in [6, 6.07) is 4.82. The van der Waals surface area contributed by atoms with Gasteiger partial charge in [-0.1, -0.05) is 0 Å². The fraction of sp³-hybridized carbons (Fsp3) is 0.300. The molecular formula is C10H15N3O2. The number of aromatic hydroxyl groups is 1. The Morgan fingerprint density at radius 2 is 2.20 bits per heavy atom. The van der Waals surface area contributed by atoms with Crippen molar-refractivity contribution in [2.75, 3.05) is 19.3 Å². The summed E-state index contributed by atoms with van der Waals surface area (Å²) in [5.74, 6) is -0.235. The lowest BCUT2D eigenvalue weighted by atomic mass is 10.1. The van der Waals surface area contributed by atoms with Crippen molar-refractivity contribution < 1.29 is 9.90 Å². The SMILES string of the molecule is CN(CC(N)=O)Cc1cc(N)ccc1O. The third-order valence-corrected chi connectivity index (χ3v) is 1.97. The number of carbonyl (C=O) groups excluding carboxylic acids is 1. The third-order valence-electron chi connectivity index (χ3n) is 1.97. The van der Waals surface area contributed by atoms with Crippen LogP contribution < -0.4 is 11.5 Å². The molecule has 1 rings (SSSR count). The van der Waals surface area contributed by atoms with E-state index >= 15 is 0 Å². The van der Waals surface area contributed by atoms with Crippen LogP contribution in [0.2, 0.25) is 0 Å². The quantitative estimate of drug-likeness (QED) is 0.476. The molecule has 0 aliphatic carbocycles. The van der Waals surface area contributed by atoms with Crippen LogP contribution in [0.15, 0.2) is 18.2 Å². The van der Waals surface area contributed by atoms with Gasteiger partial charge in [0.15, 0.2) is 0 Å². The molecule has 0 unspecified atom stereocenters. The summed E-state index contributed by atoms with van der Waals surface area (Å²) >= 11 is 0. The summed E-state index contributed by atoms with van der Waals surface area (Å²) in [4.78, 5) is 12.4. The number of hydrogen-bond donors (Lipinski definition) is 3. The number of primary amides is 1. The number of phenols is 1. The Kier molecular flexibility index (Phi) is 3.51. The second-order valence-corrected chi connectivity index (χ2v) is 3.53. The first-order chi connectivity index (χ1) is 6.99. The molecule has 0 aliphatic rings.